The van der Waals surface area contributed by atoms with Crippen LogP contribution in [0.5, 0.6) is 0 Å². The van der Waals surface area contributed by atoms with Crippen LogP contribution in [0.2, 0.25) is 0 Å². The summed E-state index contributed by atoms with van der Waals surface area (Å²) in [5.41, 5.74) is 5.34. The average Bonchev–Trinajstić information content (AvgIpc) is 2.39. The molecular formula is C13H20BrClN2O3S. The van der Waals surface area contributed by atoms with Crippen molar-refractivity contribution in [1.29, 1.82) is 0 Å². The van der Waals surface area contributed by atoms with Crippen LogP contribution in [-0.2, 0) is 14.6 Å². The van der Waals surface area contributed by atoms with E-state index in [1.807, 2.05) is 0 Å². The van der Waals surface area contributed by atoms with Crippen molar-refractivity contribution in [2.75, 3.05) is 13.1 Å². The third-order valence-electron chi connectivity index (χ3n) is 3.01. The minimum absolute atomic E-state index is 0. The van der Waals surface area contributed by atoms with Gasteiger partial charge >= 0.3 is 0 Å². The largest absolute Gasteiger partial charge is 0.355 e. The second-order valence-electron chi connectivity index (χ2n) is 4.87. The molecule has 0 saturated heterocycles. The van der Waals surface area contributed by atoms with E-state index in [1.165, 1.54) is 26.0 Å². The molecule has 0 spiro atoms. The molecule has 0 fully saturated rings. The lowest BCUT2D eigenvalue weighted by Gasteiger charge is -2.24. The van der Waals surface area contributed by atoms with E-state index in [0.717, 1.165) is 4.47 Å². The van der Waals surface area contributed by atoms with Gasteiger partial charge in [0.25, 0.3) is 0 Å². The lowest BCUT2D eigenvalue weighted by Crippen LogP contribution is -2.48. The zero-order valence-corrected chi connectivity index (χ0v) is 15.1. The predicted octanol–water partition coefficient (Wildman–Crippen LogP) is 1.89. The number of carbonyl (C=O) groups excluding carboxylic acids is 1. The first kappa shape index (κ1) is 20.4. The average molecular weight is 400 g/mol. The summed E-state index contributed by atoms with van der Waals surface area (Å²) in [4.78, 5) is 12.2. The number of benzene rings is 1. The lowest BCUT2D eigenvalue weighted by molar-refractivity contribution is -0.122. The predicted molar refractivity (Wildman–Crippen MR) is 89.3 cm³/mol. The van der Waals surface area contributed by atoms with Crippen LogP contribution in [0.4, 0.5) is 0 Å². The molecule has 1 amide bonds. The number of nitrogens with two attached hydrogens (primary N) is 1. The Morgan fingerprint density at radius 1 is 1.29 bits per heavy atom. The van der Waals surface area contributed by atoms with Gasteiger partial charge in [0.15, 0.2) is 9.84 Å². The molecule has 21 heavy (non-hydrogen) atoms. The van der Waals surface area contributed by atoms with Crippen molar-refractivity contribution >= 4 is 44.1 Å². The van der Waals surface area contributed by atoms with Crippen LogP contribution in [0.3, 0.4) is 0 Å². The SMILES string of the molecule is CC(C)(C(=O)NCCCN)S(=O)(=O)c1ccc(Br)cc1.Cl. The summed E-state index contributed by atoms with van der Waals surface area (Å²) in [6.07, 6.45) is 0.611. The van der Waals surface area contributed by atoms with E-state index in [4.69, 9.17) is 5.73 Å². The summed E-state index contributed by atoms with van der Waals surface area (Å²) in [6.45, 7) is 3.62. The number of sulfone groups is 1. The number of hydrogen-bond acceptors (Lipinski definition) is 4. The van der Waals surface area contributed by atoms with E-state index >= 15 is 0 Å². The van der Waals surface area contributed by atoms with Gasteiger partial charge in [-0.25, -0.2) is 8.42 Å². The van der Waals surface area contributed by atoms with Crippen molar-refractivity contribution < 1.29 is 13.2 Å². The van der Waals surface area contributed by atoms with Crippen LogP contribution < -0.4 is 11.1 Å². The van der Waals surface area contributed by atoms with Gasteiger partial charge in [0.1, 0.15) is 4.75 Å². The Morgan fingerprint density at radius 2 is 1.81 bits per heavy atom. The summed E-state index contributed by atoms with van der Waals surface area (Å²) < 4.78 is 24.3. The Labute approximate surface area is 140 Å². The van der Waals surface area contributed by atoms with Gasteiger partial charge in [0.2, 0.25) is 5.91 Å². The van der Waals surface area contributed by atoms with Crippen LogP contribution in [0.1, 0.15) is 20.3 Å². The fourth-order valence-corrected chi connectivity index (χ4v) is 3.21. The minimum atomic E-state index is -3.76. The van der Waals surface area contributed by atoms with E-state index in [2.05, 4.69) is 21.2 Å². The van der Waals surface area contributed by atoms with Crippen molar-refractivity contribution in [3.8, 4) is 0 Å². The second-order valence-corrected chi connectivity index (χ2v) is 8.28. The summed E-state index contributed by atoms with van der Waals surface area (Å²) in [6, 6.07) is 6.23. The molecule has 0 radical (unpaired) electrons. The molecule has 0 atom stereocenters. The maximum absolute atomic E-state index is 12.5. The van der Waals surface area contributed by atoms with Gasteiger partial charge in [-0.15, -0.1) is 12.4 Å². The van der Waals surface area contributed by atoms with Crippen LogP contribution in [0.25, 0.3) is 0 Å². The highest BCUT2D eigenvalue weighted by Crippen LogP contribution is 2.26. The number of amides is 1. The Bertz CT molecular complexity index is 574. The normalized spacial score (nSPS) is 11.6. The van der Waals surface area contributed by atoms with E-state index in [-0.39, 0.29) is 17.3 Å². The lowest BCUT2D eigenvalue weighted by atomic mass is 10.2. The van der Waals surface area contributed by atoms with E-state index in [9.17, 15) is 13.2 Å². The fourth-order valence-electron chi connectivity index (χ4n) is 1.55. The van der Waals surface area contributed by atoms with Gasteiger partial charge in [-0.3, -0.25) is 4.79 Å². The van der Waals surface area contributed by atoms with Crippen molar-refractivity contribution in [2.24, 2.45) is 5.73 Å². The molecule has 5 nitrogen and oxygen atoms in total. The van der Waals surface area contributed by atoms with Crippen LogP contribution in [0.15, 0.2) is 33.6 Å². The van der Waals surface area contributed by atoms with E-state index < -0.39 is 20.5 Å². The molecule has 0 unspecified atom stereocenters. The van der Waals surface area contributed by atoms with E-state index in [1.54, 1.807) is 12.1 Å². The second kappa shape index (κ2) is 8.12. The minimum Gasteiger partial charge on any atom is -0.355 e. The van der Waals surface area contributed by atoms with Crippen LogP contribution >= 0.6 is 28.3 Å². The number of hydrogen-bond donors (Lipinski definition) is 2. The Hall–Kier alpha value is -0.630. The van der Waals surface area contributed by atoms with Crippen molar-refractivity contribution in [3.63, 3.8) is 0 Å². The molecule has 1 aromatic rings. The molecule has 3 N–H and O–H groups in total. The Kier molecular flexibility index (Phi) is 7.88. The summed E-state index contributed by atoms with van der Waals surface area (Å²) in [5, 5.41) is 2.60. The highest BCUT2D eigenvalue weighted by molar-refractivity contribution is 9.10. The van der Waals surface area contributed by atoms with Gasteiger partial charge in [0.05, 0.1) is 4.90 Å². The molecule has 0 aromatic heterocycles. The molecule has 0 aliphatic carbocycles. The molecule has 0 aliphatic heterocycles. The number of nitrogens with one attached hydrogen (secondary N) is 1. The van der Waals surface area contributed by atoms with Crippen molar-refractivity contribution in [1.82, 2.24) is 5.32 Å². The number of halogens is 2. The van der Waals surface area contributed by atoms with Crippen molar-refractivity contribution in [3.05, 3.63) is 28.7 Å². The Balaban J connectivity index is 0.00000400. The molecule has 0 heterocycles. The molecular weight excluding hydrogens is 380 g/mol. The third kappa shape index (κ3) is 4.67. The molecule has 1 rings (SSSR count). The zero-order chi connectivity index (χ0) is 15.4. The number of rotatable bonds is 6. The zero-order valence-electron chi connectivity index (χ0n) is 11.9. The Morgan fingerprint density at radius 3 is 2.29 bits per heavy atom. The fraction of sp³-hybridized carbons (Fsp3) is 0.462. The molecule has 0 saturated carbocycles. The van der Waals surface area contributed by atoms with Crippen molar-refractivity contribution in [2.45, 2.75) is 29.9 Å². The molecule has 0 bridgehead atoms. The first-order valence-electron chi connectivity index (χ1n) is 6.22. The van der Waals surface area contributed by atoms with Gasteiger partial charge < -0.3 is 11.1 Å². The summed E-state index contributed by atoms with van der Waals surface area (Å²) >= 11 is 3.25. The van der Waals surface area contributed by atoms with E-state index in [0.29, 0.717) is 19.5 Å². The van der Waals surface area contributed by atoms with Gasteiger partial charge in [-0.2, -0.15) is 0 Å². The molecule has 8 heteroatoms. The quantitative estimate of drug-likeness (QED) is 0.715. The first-order valence-corrected chi connectivity index (χ1v) is 8.49. The highest BCUT2D eigenvalue weighted by atomic mass is 79.9. The van der Waals surface area contributed by atoms with Crippen LogP contribution in [-0.4, -0.2) is 32.2 Å². The topological polar surface area (TPSA) is 89.3 Å². The first-order chi connectivity index (χ1) is 9.23. The maximum atomic E-state index is 12.5. The maximum Gasteiger partial charge on any atom is 0.241 e. The monoisotopic (exact) mass is 398 g/mol. The molecule has 120 valence electrons. The summed E-state index contributed by atoms with van der Waals surface area (Å²) in [7, 11) is -3.76. The summed E-state index contributed by atoms with van der Waals surface area (Å²) in [5.74, 6) is -0.520. The standard InChI is InChI=1S/C13H19BrN2O3S.ClH/c1-13(2,12(17)16-9-3-8-15)20(18,19)11-6-4-10(14)5-7-11;/h4-7H,3,8-9,15H2,1-2H3,(H,16,17);1H. The number of carbonyl (C=O) groups is 1. The highest BCUT2D eigenvalue weighted by Gasteiger charge is 2.42. The molecule has 0 aliphatic rings. The van der Waals surface area contributed by atoms with Gasteiger partial charge in [-0.1, -0.05) is 15.9 Å². The van der Waals surface area contributed by atoms with Gasteiger partial charge in [0, 0.05) is 11.0 Å². The van der Waals surface area contributed by atoms with Crippen LogP contribution in [0, 0.1) is 0 Å². The smallest absolute Gasteiger partial charge is 0.241 e. The molecule has 1 aromatic carbocycles. The third-order valence-corrected chi connectivity index (χ3v) is 5.96. The van der Waals surface area contributed by atoms with Gasteiger partial charge in [-0.05, 0) is 51.1 Å².